The molecule has 2 aromatic carbocycles. The Kier molecular flexibility index (Phi) is 3.97. The first-order valence-corrected chi connectivity index (χ1v) is 5.81. The van der Waals surface area contributed by atoms with Crippen LogP contribution in [0, 0.1) is 0 Å². The van der Waals surface area contributed by atoms with E-state index in [2.05, 4.69) is 11.7 Å². The normalized spacial score (nSPS) is 10.7. The molecule has 0 spiro atoms. The zero-order valence-corrected chi connectivity index (χ0v) is 9.18. The van der Waals surface area contributed by atoms with Crippen LogP contribution >= 0.6 is 0 Å². The van der Waals surface area contributed by atoms with Crippen LogP contribution in [0.15, 0.2) is 47.4 Å². The van der Waals surface area contributed by atoms with Crippen molar-refractivity contribution >= 4 is 20.9 Å². The average Bonchev–Trinajstić information content (AvgIpc) is 2.30. The number of hydrogen-bond acceptors (Lipinski definition) is 4. The molecule has 0 atom stereocenters. The molecule has 2 rings (SSSR count). The lowest BCUT2D eigenvalue weighted by Gasteiger charge is -2.02. The summed E-state index contributed by atoms with van der Waals surface area (Å²) in [6.07, 6.45) is 0. The minimum Gasteiger partial charge on any atom is -0.282 e. The van der Waals surface area contributed by atoms with E-state index in [1.54, 1.807) is 30.3 Å². The smallest absolute Gasteiger partial charge is 0.282 e. The Balaban J connectivity index is 0.000000606. The molecule has 0 saturated carbocycles. The summed E-state index contributed by atoms with van der Waals surface area (Å²) in [6, 6.07) is 11.8. The third-order valence-electron chi connectivity index (χ3n) is 2.03. The van der Waals surface area contributed by atoms with Gasteiger partial charge in [-0.1, -0.05) is 36.4 Å². The Morgan fingerprint density at radius 3 is 2.12 bits per heavy atom. The Morgan fingerprint density at radius 1 is 0.938 bits per heavy atom. The maximum absolute atomic E-state index is 11.0. The molecule has 0 heterocycles. The van der Waals surface area contributed by atoms with Crippen molar-refractivity contribution in [3.63, 3.8) is 0 Å². The highest BCUT2D eigenvalue weighted by atomic mass is 32.2. The number of benzene rings is 2. The van der Waals surface area contributed by atoms with Gasteiger partial charge in [0.1, 0.15) is 4.90 Å². The molecule has 0 saturated heterocycles. The Hall–Kier alpha value is -1.47. The van der Waals surface area contributed by atoms with Gasteiger partial charge in [-0.15, -0.1) is 0 Å². The molecule has 16 heavy (non-hydrogen) atoms. The van der Waals surface area contributed by atoms with E-state index in [0.717, 1.165) is 5.39 Å². The number of fused-ring (bicyclic) bond motifs is 1. The van der Waals surface area contributed by atoms with Crippen molar-refractivity contribution in [2.45, 2.75) is 4.90 Å². The molecule has 0 aliphatic rings. The van der Waals surface area contributed by atoms with Crippen molar-refractivity contribution in [3.8, 4) is 0 Å². The lowest BCUT2D eigenvalue weighted by molar-refractivity contribution is 0.484. The zero-order valence-electron chi connectivity index (χ0n) is 8.37. The van der Waals surface area contributed by atoms with Gasteiger partial charge in [0.25, 0.3) is 10.1 Å². The maximum Gasteiger partial charge on any atom is 0.295 e. The maximum atomic E-state index is 11.0. The lowest BCUT2D eigenvalue weighted by Crippen LogP contribution is -2.02. The van der Waals surface area contributed by atoms with E-state index in [1.807, 2.05) is 6.07 Å². The molecule has 0 unspecified atom stereocenters. The number of rotatable bonds is 1. The Morgan fingerprint density at radius 2 is 1.50 bits per heavy atom. The fourth-order valence-corrected chi connectivity index (χ4v) is 2.13. The fraction of sp³-hybridized carbons (Fsp3) is 0. The van der Waals surface area contributed by atoms with E-state index in [9.17, 15) is 8.42 Å². The van der Waals surface area contributed by atoms with E-state index < -0.39 is 10.1 Å². The van der Waals surface area contributed by atoms with Crippen molar-refractivity contribution in [2.75, 3.05) is 0 Å². The summed E-state index contributed by atoms with van der Waals surface area (Å²) in [6.45, 7) is 0. The third-order valence-corrected chi connectivity index (χ3v) is 2.94. The van der Waals surface area contributed by atoms with Gasteiger partial charge in [0.2, 0.25) is 0 Å². The van der Waals surface area contributed by atoms with Gasteiger partial charge in [-0.3, -0.25) is 16.2 Å². The van der Waals surface area contributed by atoms with E-state index in [4.69, 9.17) is 4.55 Å². The first kappa shape index (κ1) is 12.6. The molecule has 5 nitrogen and oxygen atoms in total. The van der Waals surface area contributed by atoms with Crippen LogP contribution in [0.3, 0.4) is 0 Å². The van der Waals surface area contributed by atoms with Crippen LogP contribution in [-0.4, -0.2) is 13.0 Å². The fourth-order valence-electron chi connectivity index (χ4n) is 1.42. The predicted molar refractivity (Wildman–Crippen MR) is 62.1 cm³/mol. The molecule has 5 N–H and O–H groups in total. The molecule has 86 valence electrons. The van der Waals surface area contributed by atoms with E-state index in [1.165, 1.54) is 6.07 Å². The highest BCUT2D eigenvalue weighted by molar-refractivity contribution is 7.86. The van der Waals surface area contributed by atoms with Gasteiger partial charge in [-0.05, 0) is 11.5 Å². The van der Waals surface area contributed by atoms with E-state index in [0.29, 0.717) is 5.39 Å². The van der Waals surface area contributed by atoms with Gasteiger partial charge < -0.3 is 0 Å². The second-order valence-electron chi connectivity index (χ2n) is 2.95. The van der Waals surface area contributed by atoms with Crippen LogP contribution in [0.4, 0.5) is 0 Å². The standard InChI is InChI=1S/C10H8O3S.H4N2/c11-14(12,13)10-7-3-5-8-4-1-2-6-9(8)10;1-2/h1-7H,(H,11,12,13);1-2H2. The van der Waals surface area contributed by atoms with Gasteiger partial charge in [0.15, 0.2) is 0 Å². The van der Waals surface area contributed by atoms with Gasteiger partial charge in [0, 0.05) is 5.39 Å². The number of hydrogen-bond donors (Lipinski definition) is 3. The first-order chi connectivity index (χ1) is 7.59. The van der Waals surface area contributed by atoms with Crippen LogP contribution in [0.1, 0.15) is 0 Å². The molecule has 0 fully saturated rings. The van der Waals surface area contributed by atoms with Crippen molar-refractivity contribution < 1.29 is 13.0 Å². The predicted octanol–water partition coefficient (Wildman–Crippen LogP) is 0.905. The SMILES string of the molecule is NN.O=S(=O)(O)c1cccc2ccccc12. The van der Waals surface area contributed by atoms with Crippen LogP contribution < -0.4 is 11.7 Å². The highest BCUT2D eigenvalue weighted by Gasteiger charge is 2.12. The molecule has 0 aromatic heterocycles. The van der Waals surface area contributed by atoms with Crippen LogP contribution in [0.25, 0.3) is 10.8 Å². The second kappa shape index (κ2) is 5.04. The topological polar surface area (TPSA) is 106 Å². The molecule has 0 aliphatic carbocycles. The molecular formula is C10H12N2O3S. The van der Waals surface area contributed by atoms with Gasteiger partial charge >= 0.3 is 0 Å². The molecular weight excluding hydrogens is 228 g/mol. The first-order valence-electron chi connectivity index (χ1n) is 4.37. The van der Waals surface area contributed by atoms with Crippen LogP contribution in [-0.2, 0) is 10.1 Å². The number of hydrazine groups is 1. The largest absolute Gasteiger partial charge is 0.295 e. The average molecular weight is 240 g/mol. The summed E-state index contributed by atoms with van der Waals surface area (Å²) in [4.78, 5) is -0.0457. The van der Waals surface area contributed by atoms with Crippen molar-refractivity contribution in [1.29, 1.82) is 0 Å². The van der Waals surface area contributed by atoms with Gasteiger partial charge in [0.05, 0.1) is 0 Å². The van der Waals surface area contributed by atoms with Crippen LogP contribution in [0.5, 0.6) is 0 Å². The number of nitrogens with two attached hydrogens (primary N) is 2. The molecule has 0 amide bonds. The van der Waals surface area contributed by atoms with E-state index >= 15 is 0 Å². The second-order valence-corrected chi connectivity index (χ2v) is 4.34. The zero-order chi connectivity index (χ0) is 12.2. The van der Waals surface area contributed by atoms with E-state index in [-0.39, 0.29) is 4.90 Å². The Labute approximate surface area is 93.4 Å². The monoisotopic (exact) mass is 240 g/mol. The Bertz CT molecular complexity index is 576. The molecule has 2 aromatic rings. The highest BCUT2D eigenvalue weighted by Crippen LogP contribution is 2.21. The molecule has 6 heteroatoms. The summed E-state index contributed by atoms with van der Waals surface area (Å²) in [7, 11) is -4.13. The minimum atomic E-state index is -4.13. The minimum absolute atomic E-state index is 0.0457. The van der Waals surface area contributed by atoms with Gasteiger partial charge in [-0.2, -0.15) is 8.42 Å². The summed E-state index contributed by atoms with van der Waals surface area (Å²) in [5.74, 6) is 8.00. The summed E-state index contributed by atoms with van der Waals surface area (Å²) in [5, 5.41) is 1.33. The summed E-state index contributed by atoms with van der Waals surface area (Å²) < 4.78 is 31.0. The third kappa shape index (κ3) is 2.56. The molecule has 0 aliphatic heterocycles. The van der Waals surface area contributed by atoms with Gasteiger partial charge in [-0.25, -0.2) is 0 Å². The molecule has 0 bridgehead atoms. The quantitative estimate of drug-likeness (QED) is 0.390. The summed E-state index contributed by atoms with van der Waals surface area (Å²) in [5.41, 5.74) is 0. The van der Waals surface area contributed by atoms with Crippen molar-refractivity contribution in [1.82, 2.24) is 0 Å². The van der Waals surface area contributed by atoms with Crippen molar-refractivity contribution in [2.24, 2.45) is 11.7 Å². The molecule has 0 radical (unpaired) electrons. The van der Waals surface area contributed by atoms with Crippen molar-refractivity contribution in [3.05, 3.63) is 42.5 Å². The van der Waals surface area contributed by atoms with Crippen LogP contribution in [0.2, 0.25) is 0 Å². The lowest BCUT2D eigenvalue weighted by atomic mass is 10.1. The summed E-state index contributed by atoms with van der Waals surface area (Å²) >= 11 is 0.